The summed E-state index contributed by atoms with van der Waals surface area (Å²) in [5, 5.41) is 10.4. The molecule has 0 saturated heterocycles. The number of nitrogens with one attached hydrogen (secondary N) is 1. The van der Waals surface area contributed by atoms with E-state index in [9.17, 15) is 10.1 Å². The number of aromatic nitrogens is 3. The zero-order valence-corrected chi connectivity index (χ0v) is 5.89. The maximum atomic E-state index is 10.4. The molecule has 0 aliphatic carbocycles. The highest BCUT2D eigenvalue weighted by molar-refractivity contribution is 5.81. The maximum Gasteiger partial charge on any atom is 0.391 e. The number of hydrogen-bond acceptors (Lipinski definition) is 4. The molecule has 6 nitrogen and oxygen atoms in total. The third-order valence-corrected chi connectivity index (χ3v) is 1.50. The van der Waals surface area contributed by atoms with Crippen LogP contribution in [-0.2, 0) is 0 Å². The van der Waals surface area contributed by atoms with E-state index in [1.807, 2.05) is 0 Å². The first-order valence-corrected chi connectivity index (χ1v) is 3.21. The SMILES string of the molecule is O=[N+]([O-])c1ncnc2cc[nH]c12. The summed E-state index contributed by atoms with van der Waals surface area (Å²) in [6, 6.07) is 1.66. The fourth-order valence-corrected chi connectivity index (χ4v) is 0.997. The van der Waals surface area contributed by atoms with Crippen molar-refractivity contribution in [1.29, 1.82) is 0 Å². The third-order valence-electron chi connectivity index (χ3n) is 1.50. The van der Waals surface area contributed by atoms with Crippen LogP contribution in [0, 0.1) is 10.1 Å². The number of rotatable bonds is 1. The van der Waals surface area contributed by atoms with Gasteiger partial charge in [0, 0.05) is 6.20 Å². The lowest BCUT2D eigenvalue weighted by Crippen LogP contribution is -1.93. The molecule has 12 heavy (non-hydrogen) atoms. The Balaban J connectivity index is 2.82. The number of hydrogen-bond donors (Lipinski definition) is 1. The zero-order valence-electron chi connectivity index (χ0n) is 5.89. The van der Waals surface area contributed by atoms with Gasteiger partial charge in [-0.2, -0.15) is 0 Å². The summed E-state index contributed by atoms with van der Waals surface area (Å²) >= 11 is 0. The second kappa shape index (κ2) is 2.26. The summed E-state index contributed by atoms with van der Waals surface area (Å²) in [7, 11) is 0. The molecule has 60 valence electrons. The van der Waals surface area contributed by atoms with Gasteiger partial charge in [0.05, 0.1) is 0 Å². The molecule has 0 bridgehead atoms. The first-order valence-electron chi connectivity index (χ1n) is 3.21. The van der Waals surface area contributed by atoms with Crippen LogP contribution in [0.1, 0.15) is 0 Å². The highest BCUT2D eigenvalue weighted by atomic mass is 16.6. The van der Waals surface area contributed by atoms with Gasteiger partial charge in [-0.25, -0.2) is 4.98 Å². The van der Waals surface area contributed by atoms with Crippen LogP contribution in [0.25, 0.3) is 11.0 Å². The topological polar surface area (TPSA) is 84.7 Å². The largest absolute Gasteiger partial charge is 0.391 e. The minimum absolute atomic E-state index is 0.190. The van der Waals surface area contributed by atoms with Gasteiger partial charge >= 0.3 is 5.82 Å². The van der Waals surface area contributed by atoms with E-state index < -0.39 is 4.92 Å². The Kier molecular flexibility index (Phi) is 1.26. The van der Waals surface area contributed by atoms with Gasteiger partial charge in [0.1, 0.15) is 5.52 Å². The Hall–Kier alpha value is -1.98. The van der Waals surface area contributed by atoms with Crippen LogP contribution >= 0.6 is 0 Å². The summed E-state index contributed by atoms with van der Waals surface area (Å²) in [5.74, 6) is -0.190. The average Bonchev–Trinajstić information content (AvgIpc) is 2.49. The van der Waals surface area contributed by atoms with Crippen LogP contribution in [0.15, 0.2) is 18.6 Å². The zero-order chi connectivity index (χ0) is 8.55. The first kappa shape index (κ1) is 6.71. The van der Waals surface area contributed by atoms with Crippen molar-refractivity contribution in [3.63, 3.8) is 0 Å². The number of nitro groups is 1. The minimum Gasteiger partial charge on any atom is -0.358 e. The first-order chi connectivity index (χ1) is 5.79. The molecular formula is C6H4N4O2. The fraction of sp³-hybridized carbons (Fsp3) is 0. The smallest absolute Gasteiger partial charge is 0.358 e. The Morgan fingerprint density at radius 1 is 1.50 bits per heavy atom. The van der Waals surface area contributed by atoms with E-state index in [1.54, 1.807) is 12.3 Å². The normalized spacial score (nSPS) is 10.3. The van der Waals surface area contributed by atoms with Gasteiger partial charge in [-0.3, -0.25) is 0 Å². The Bertz CT molecular complexity index is 436. The lowest BCUT2D eigenvalue weighted by Gasteiger charge is -1.91. The fourth-order valence-electron chi connectivity index (χ4n) is 0.997. The molecule has 0 fully saturated rings. The van der Waals surface area contributed by atoms with E-state index in [4.69, 9.17) is 0 Å². The Morgan fingerprint density at radius 2 is 2.33 bits per heavy atom. The van der Waals surface area contributed by atoms with E-state index in [0.29, 0.717) is 11.0 Å². The lowest BCUT2D eigenvalue weighted by atomic mass is 10.4. The van der Waals surface area contributed by atoms with Gasteiger partial charge in [-0.15, -0.1) is 0 Å². The molecule has 0 unspecified atom stereocenters. The summed E-state index contributed by atoms with van der Waals surface area (Å²) in [6.45, 7) is 0. The van der Waals surface area contributed by atoms with Crippen LogP contribution in [0.2, 0.25) is 0 Å². The average molecular weight is 164 g/mol. The predicted molar refractivity (Wildman–Crippen MR) is 40.5 cm³/mol. The van der Waals surface area contributed by atoms with E-state index in [0.717, 1.165) is 0 Å². The molecule has 2 heterocycles. The highest BCUT2D eigenvalue weighted by Crippen LogP contribution is 2.17. The molecule has 0 aromatic carbocycles. The number of aromatic amines is 1. The second-order valence-corrected chi connectivity index (χ2v) is 2.19. The Morgan fingerprint density at radius 3 is 3.08 bits per heavy atom. The Labute approximate surface area is 66.4 Å². The van der Waals surface area contributed by atoms with Crippen molar-refractivity contribution in [2.24, 2.45) is 0 Å². The summed E-state index contributed by atoms with van der Waals surface area (Å²) in [5.41, 5.74) is 0.916. The summed E-state index contributed by atoms with van der Waals surface area (Å²) in [6.07, 6.45) is 2.76. The number of nitrogens with zero attached hydrogens (tertiary/aromatic N) is 3. The molecule has 2 rings (SSSR count). The van der Waals surface area contributed by atoms with Crippen LogP contribution < -0.4 is 0 Å². The van der Waals surface area contributed by atoms with E-state index in [-0.39, 0.29) is 5.82 Å². The quantitative estimate of drug-likeness (QED) is 0.500. The molecule has 0 aliphatic heterocycles. The van der Waals surface area contributed by atoms with Crippen molar-refractivity contribution in [3.8, 4) is 0 Å². The van der Waals surface area contributed by atoms with E-state index in [1.165, 1.54) is 6.33 Å². The molecular weight excluding hydrogens is 160 g/mol. The van der Waals surface area contributed by atoms with Gasteiger partial charge in [-0.1, -0.05) is 0 Å². The van der Waals surface area contributed by atoms with Crippen LogP contribution in [-0.4, -0.2) is 19.9 Å². The van der Waals surface area contributed by atoms with Gasteiger partial charge in [-0.05, 0) is 16.0 Å². The lowest BCUT2D eigenvalue weighted by molar-refractivity contribution is -0.387. The van der Waals surface area contributed by atoms with Crippen LogP contribution in [0.4, 0.5) is 5.82 Å². The van der Waals surface area contributed by atoms with Crippen LogP contribution in [0.5, 0.6) is 0 Å². The molecule has 0 amide bonds. The minimum atomic E-state index is -0.541. The third kappa shape index (κ3) is 0.815. The van der Waals surface area contributed by atoms with Crippen molar-refractivity contribution < 1.29 is 4.92 Å². The summed E-state index contributed by atoms with van der Waals surface area (Å²) in [4.78, 5) is 19.9. The van der Waals surface area contributed by atoms with Gasteiger partial charge in [0.15, 0.2) is 5.52 Å². The molecule has 0 saturated carbocycles. The molecule has 0 spiro atoms. The van der Waals surface area contributed by atoms with Crippen LogP contribution in [0.3, 0.4) is 0 Å². The highest BCUT2D eigenvalue weighted by Gasteiger charge is 2.13. The van der Waals surface area contributed by atoms with Gasteiger partial charge in [0.25, 0.3) is 0 Å². The van der Waals surface area contributed by atoms with Gasteiger partial charge < -0.3 is 15.1 Å². The van der Waals surface area contributed by atoms with E-state index in [2.05, 4.69) is 15.0 Å². The second-order valence-electron chi connectivity index (χ2n) is 2.19. The van der Waals surface area contributed by atoms with Crippen molar-refractivity contribution >= 4 is 16.9 Å². The molecule has 0 aliphatic rings. The predicted octanol–water partition coefficient (Wildman–Crippen LogP) is 0.866. The number of fused-ring (bicyclic) bond motifs is 1. The molecule has 2 aromatic rings. The molecule has 6 heteroatoms. The van der Waals surface area contributed by atoms with Crippen molar-refractivity contribution in [3.05, 3.63) is 28.7 Å². The molecule has 2 aromatic heterocycles. The molecule has 1 N–H and O–H groups in total. The van der Waals surface area contributed by atoms with Crippen molar-refractivity contribution in [2.75, 3.05) is 0 Å². The van der Waals surface area contributed by atoms with Gasteiger partial charge in [0.2, 0.25) is 6.33 Å². The molecule has 0 radical (unpaired) electrons. The monoisotopic (exact) mass is 164 g/mol. The van der Waals surface area contributed by atoms with Crippen molar-refractivity contribution in [1.82, 2.24) is 15.0 Å². The standard InChI is InChI=1S/C6H4N4O2/c11-10(12)6-5-4(1-2-7-5)8-3-9-6/h1-3,7H. The molecule has 0 atom stereocenters. The number of H-pyrrole nitrogens is 1. The maximum absolute atomic E-state index is 10.4. The summed E-state index contributed by atoms with van der Waals surface area (Å²) < 4.78 is 0. The van der Waals surface area contributed by atoms with E-state index >= 15 is 0 Å². The van der Waals surface area contributed by atoms with Crippen molar-refractivity contribution in [2.45, 2.75) is 0 Å².